The highest BCUT2D eigenvalue weighted by atomic mass is 19.1. The van der Waals surface area contributed by atoms with Crippen molar-refractivity contribution in [3.05, 3.63) is 47.7 Å². The molecule has 0 unspecified atom stereocenters. The molecule has 2 N–H and O–H groups in total. The first-order valence-electron chi connectivity index (χ1n) is 17.0. The zero-order valence-electron chi connectivity index (χ0n) is 27.5. The number of nitrogens with zero attached hydrogens (tertiary/aromatic N) is 6. The van der Waals surface area contributed by atoms with Crippen LogP contribution in [0.4, 0.5) is 14.6 Å². The number of aryl methyl sites for hydroxylation is 1. The average molecular weight is 666 g/mol. The van der Waals surface area contributed by atoms with Gasteiger partial charge in [-0.2, -0.15) is 15.1 Å². The van der Waals surface area contributed by atoms with Gasteiger partial charge in [-0.1, -0.05) is 12.0 Å². The van der Waals surface area contributed by atoms with E-state index in [1.807, 2.05) is 6.20 Å². The summed E-state index contributed by atoms with van der Waals surface area (Å²) in [5.41, 5.74) is 0.484. The Bertz CT molecular complexity index is 2200. The Hall–Kier alpha value is -4.57. The van der Waals surface area contributed by atoms with Crippen molar-refractivity contribution < 1.29 is 23.4 Å². The summed E-state index contributed by atoms with van der Waals surface area (Å²) in [6.07, 6.45) is 12.8. The van der Waals surface area contributed by atoms with Crippen LogP contribution in [0.3, 0.4) is 0 Å². The molecule has 12 heteroatoms. The van der Waals surface area contributed by atoms with Crippen molar-refractivity contribution >= 4 is 38.4 Å². The van der Waals surface area contributed by atoms with Gasteiger partial charge in [0.05, 0.1) is 22.6 Å². The van der Waals surface area contributed by atoms with Gasteiger partial charge in [-0.3, -0.25) is 9.58 Å². The molecule has 9 rings (SSSR count). The smallest absolute Gasteiger partial charge is 0.319 e. The van der Waals surface area contributed by atoms with Crippen molar-refractivity contribution in [1.29, 1.82) is 0 Å². The summed E-state index contributed by atoms with van der Waals surface area (Å²) in [4.78, 5) is 14.5. The first-order valence-corrected chi connectivity index (χ1v) is 17.0. The molecule has 4 aliphatic heterocycles. The summed E-state index contributed by atoms with van der Waals surface area (Å²) < 4.78 is 46.5. The summed E-state index contributed by atoms with van der Waals surface area (Å²) in [5.74, 6) is 1.64. The van der Waals surface area contributed by atoms with E-state index in [1.165, 1.54) is 24.3 Å². The van der Waals surface area contributed by atoms with E-state index in [0.29, 0.717) is 64.7 Å². The van der Waals surface area contributed by atoms with Crippen molar-refractivity contribution in [2.24, 2.45) is 7.05 Å². The van der Waals surface area contributed by atoms with Gasteiger partial charge in [0, 0.05) is 68.4 Å². The van der Waals surface area contributed by atoms with Gasteiger partial charge in [0.2, 0.25) is 0 Å². The van der Waals surface area contributed by atoms with Gasteiger partial charge in [-0.25, -0.2) is 8.78 Å². The summed E-state index contributed by atoms with van der Waals surface area (Å²) in [7, 11) is 3.52. The highest BCUT2D eigenvalue weighted by Crippen LogP contribution is 2.46. The van der Waals surface area contributed by atoms with Gasteiger partial charge in [0.25, 0.3) is 0 Å². The van der Waals surface area contributed by atoms with E-state index in [2.05, 4.69) is 21.0 Å². The third-order valence-electron chi connectivity index (χ3n) is 11.2. The predicted octanol–water partition coefficient (Wildman–Crippen LogP) is 4.87. The Labute approximate surface area is 282 Å². The van der Waals surface area contributed by atoms with Gasteiger partial charge in [0.1, 0.15) is 35.0 Å². The largest absolute Gasteiger partial charge is 0.508 e. The van der Waals surface area contributed by atoms with E-state index >= 15 is 8.78 Å². The molecule has 2 bridgehead atoms. The number of nitrogens with one attached hydrogen (secondary N) is 1. The van der Waals surface area contributed by atoms with Crippen LogP contribution in [0, 0.1) is 24.0 Å². The number of hydrogen-bond acceptors (Lipinski definition) is 9. The monoisotopic (exact) mass is 665 g/mol. The molecule has 0 amide bonds. The molecule has 0 spiro atoms. The van der Waals surface area contributed by atoms with E-state index < -0.39 is 11.6 Å². The van der Waals surface area contributed by atoms with Crippen molar-refractivity contribution in [2.75, 3.05) is 44.8 Å². The van der Waals surface area contributed by atoms with Crippen LogP contribution in [-0.2, 0) is 11.8 Å². The number of fused-ring (bicyclic) bond motifs is 7. The minimum absolute atomic E-state index is 0.0222. The number of benzene rings is 3. The maximum atomic E-state index is 17.6. The van der Waals surface area contributed by atoms with Crippen LogP contribution in [0.2, 0.25) is 0 Å². The molecule has 4 aliphatic rings. The quantitative estimate of drug-likeness (QED) is 0.246. The molecule has 2 aromatic heterocycles. The third kappa shape index (κ3) is 4.74. The molecule has 10 nitrogen and oxygen atoms in total. The van der Waals surface area contributed by atoms with E-state index in [1.54, 1.807) is 18.8 Å². The minimum atomic E-state index is -0.673. The lowest BCUT2D eigenvalue weighted by Crippen LogP contribution is -2.51. The van der Waals surface area contributed by atoms with Crippen molar-refractivity contribution in [3.63, 3.8) is 0 Å². The van der Waals surface area contributed by atoms with Crippen LogP contribution in [0.25, 0.3) is 43.7 Å². The second-order valence-electron chi connectivity index (χ2n) is 14.1. The lowest BCUT2D eigenvalue weighted by Gasteiger charge is -2.35. The van der Waals surface area contributed by atoms with Crippen LogP contribution >= 0.6 is 0 Å². The molecule has 252 valence electrons. The van der Waals surface area contributed by atoms with Crippen LogP contribution < -0.4 is 15.0 Å². The van der Waals surface area contributed by atoms with Crippen LogP contribution in [0.1, 0.15) is 37.7 Å². The van der Waals surface area contributed by atoms with Crippen molar-refractivity contribution in [2.45, 2.75) is 55.8 Å². The summed E-state index contributed by atoms with van der Waals surface area (Å²) in [6.45, 7) is 3.61. The first kappa shape index (κ1) is 30.5. The molecule has 5 aromatic rings. The second kappa shape index (κ2) is 11.2. The number of methoxy groups -OCH3 is 1. The summed E-state index contributed by atoms with van der Waals surface area (Å²) in [6, 6.07) is 6.37. The summed E-state index contributed by atoms with van der Waals surface area (Å²) >= 11 is 0. The molecule has 4 fully saturated rings. The fourth-order valence-corrected chi connectivity index (χ4v) is 9.01. The van der Waals surface area contributed by atoms with Crippen LogP contribution in [-0.4, -0.2) is 93.4 Å². The lowest BCUT2D eigenvalue weighted by atomic mass is 9.91. The number of rotatable bonds is 6. The van der Waals surface area contributed by atoms with Gasteiger partial charge in [-0.15, -0.1) is 6.42 Å². The minimum Gasteiger partial charge on any atom is -0.508 e. The third-order valence-corrected chi connectivity index (χ3v) is 11.2. The fourth-order valence-electron chi connectivity index (χ4n) is 9.01. The standard InChI is InChI=1S/C37H37F2N7O3/c1-4-25-28(38)9-6-20-12-23(47)13-26(29(20)25)30-32(39)34-31(27-18-44(2)43-33(27)30)35(45-15-21-7-8-22(16-45)40-21)42-36(41-34)49-19-37-10-5-11-46(37)17-24(14-37)48-3/h1,6,9,12-13,18,21-22,24,40,47H,5,7-8,10-11,14-17,19H2,2-3H3/t21-,22+,24-,37+/m1/s1. The number of anilines is 1. The van der Waals surface area contributed by atoms with E-state index in [-0.39, 0.29) is 45.6 Å². The van der Waals surface area contributed by atoms with E-state index in [9.17, 15) is 5.11 Å². The molecule has 3 aromatic carbocycles. The molecular formula is C37H37F2N7O3. The van der Waals surface area contributed by atoms with Gasteiger partial charge < -0.3 is 24.8 Å². The SMILES string of the molecule is C#Cc1c(F)ccc2cc(O)cc(-c3c(F)c4nc(OC[C@@]56CCCN5C[C@H](OC)C6)nc(N5C[C@H]6CC[C@@H](C5)N6)c4c4cn(C)nc34)c12. The Morgan fingerprint density at radius 3 is 2.69 bits per heavy atom. The Kier molecular flexibility index (Phi) is 6.99. The number of hydrogen-bond donors (Lipinski definition) is 2. The Morgan fingerprint density at radius 1 is 1.10 bits per heavy atom. The summed E-state index contributed by atoms with van der Waals surface area (Å²) in [5, 5.41) is 21.2. The zero-order valence-corrected chi connectivity index (χ0v) is 27.5. The van der Waals surface area contributed by atoms with E-state index in [0.717, 1.165) is 45.2 Å². The maximum Gasteiger partial charge on any atom is 0.319 e. The average Bonchev–Trinajstić information content (AvgIpc) is 3.85. The Morgan fingerprint density at radius 2 is 1.92 bits per heavy atom. The first-order chi connectivity index (χ1) is 23.7. The highest BCUT2D eigenvalue weighted by Gasteiger charge is 2.49. The number of halogens is 2. The van der Waals surface area contributed by atoms with Crippen LogP contribution in [0.15, 0.2) is 30.5 Å². The number of aromatic hydroxyl groups is 1. The maximum absolute atomic E-state index is 17.6. The topological polar surface area (TPSA) is 101 Å². The van der Waals surface area contributed by atoms with Crippen molar-refractivity contribution in [1.82, 2.24) is 30.0 Å². The number of ether oxygens (including phenoxy) is 2. The Balaban J connectivity index is 1.28. The molecule has 49 heavy (non-hydrogen) atoms. The molecule has 6 heterocycles. The molecule has 4 saturated heterocycles. The number of piperazine rings is 1. The highest BCUT2D eigenvalue weighted by molar-refractivity contribution is 6.18. The molecular weight excluding hydrogens is 628 g/mol. The van der Waals surface area contributed by atoms with Gasteiger partial charge in [-0.05, 0) is 67.8 Å². The molecule has 0 saturated carbocycles. The van der Waals surface area contributed by atoms with Gasteiger partial charge >= 0.3 is 6.01 Å². The molecule has 4 atom stereocenters. The number of aromatic nitrogens is 4. The fraction of sp³-hybridized carbons (Fsp3) is 0.432. The number of phenolic OH excluding ortho intramolecular Hbond substituents is 1. The normalized spacial score (nSPS) is 25.1. The van der Waals surface area contributed by atoms with E-state index in [4.69, 9.17) is 31.0 Å². The molecule has 0 aliphatic carbocycles. The van der Waals surface area contributed by atoms with Gasteiger partial charge in [0.15, 0.2) is 5.82 Å². The zero-order chi connectivity index (χ0) is 33.6. The van der Waals surface area contributed by atoms with Crippen molar-refractivity contribution in [3.8, 4) is 35.2 Å². The molecule has 0 radical (unpaired) electrons. The second-order valence-corrected chi connectivity index (χ2v) is 14.1. The predicted molar refractivity (Wildman–Crippen MR) is 183 cm³/mol. The lowest BCUT2D eigenvalue weighted by molar-refractivity contribution is 0.0997. The number of terminal acetylenes is 1. The van der Waals surface area contributed by atoms with Crippen LogP contribution in [0.5, 0.6) is 11.8 Å². The number of phenols is 1.